The number of para-hydroxylation sites is 1. The minimum Gasteiger partial charge on any atom is -0.493 e. The average molecular weight is 384 g/mol. The van der Waals surface area contributed by atoms with E-state index in [2.05, 4.69) is 28.9 Å². The van der Waals surface area contributed by atoms with E-state index in [-0.39, 0.29) is 12.0 Å². The molecule has 6 nitrogen and oxygen atoms in total. The van der Waals surface area contributed by atoms with E-state index in [1.54, 1.807) is 32.4 Å². The second-order valence-corrected chi connectivity index (χ2v) is 6.78. The standard InChI is InChI=1S/C22H28N2O4/c1-4-23-13-14-24(15-17-9-6-5-7-10-17)18(16-23)22(25)28-21-19(26-2)11-8-12-20(21)27-3/h5-12,18H,4,13-16H2,1-3H3. The van der Waals surface area contributed by atoms with Gasteiger partial charge in [-0.1, -0.05) is 43.3 Å². The van der Waals surface area contributed by atoms with E-state index in [9.17, 15) is 4.79 Å². The van der Waals surface area contributed by atoms with Crippen LogP contribution in [-0.4, -0.2) is 62.2 Å². The van der Waals surface area contributed by atoms with Crippen molar-refractivity contribution < 1.29 is 19.0 Å². The fourth-order valence-corrected chi connectivity index (χ4v) is 3.48. The van der Waals surface area contributed by atoms with Gasteiger partial charge in [-0.05, 0) is 24.2 Å². The first-order chi connectivity index (χ1) is 13.7. The molecule has 1 unspecified atom stereocenters. The summed E-state index contributed by atoms with van der Waals surface area (Å²) in [6.45, 7) is 6.11. The fraction of sp³-hybridized carbons (Fsp3) is 0.409. The predicted molar refractivity (Wildman–Crippen MR) is 108 cm³/mol. The van der Waals surface area contributed by atoms with Gasteiger partial charge in [0, 0.05) is 26.2 Å². The summed E-state index contributed by atoms with van der Waals surface area (Å²) in [5, 5.41) is 0. The lowest BCUT2D eigenvalue weighted by Gasteiger charge is -2.39. The minimum atomic E-state index is -0.358. The lowest BCUT2D eigenvalue weighted by atomic mass is 10.1. The predicted octanol–water partition coefficient (Wildman–Crippen LogP) is 2.82. The SMILES string of the molecule is CCN1CCN(Cc2ccccc2)C(C(=O)Oc2c(OC)cccc2OC)C1. The Balaban J connectivity index is 1.81. The third-order valence-corrected chi connectivity index (χ3v) is 5.11. The monoisotopic (exact) mass is 384 g/mol. The van der Waals surface area contributed by atoms with Crippen molar-refractivity contribution >= 4 is 5.97 Å². The number of likely N-dealkylation sites (N-methyl/N-ethyl adjacent to an activating group) is 1. The minimum absolute atomic E-state index is 0.295. The number of piperazine rings is 1. The number of carbonyl (C=O) groups excluding carboxylic acids is 1. The molecule has 1 atom stereocenters. The fourth-order valence-electron chi connectivity index (χ4n) is 3.48. The number of hydrogen-bond donors (Lipinski definition) is 0. The number of esters is 1. The first kappa shape index (κ1) is 20.2. The van der Waals surface area contributed by atoms with Crippen molar-refractivity contribution in [2.24, 2.45) is 0 Å². The molecule has 0 amide bonds. The van der Waals surface area contributed by atoms with Crippen LogP contribution >= 0.6 is 0 Å². The van der Waals surface area contributed by atoms with Gasteiger partial charge in [-0.25, -0.2) is 4.79 Å². The maximum atomic E-state index is 13.2. The van der Waals surface area contributed by atoms with E-state index in [4.69, 9.17) is 14.2 Å². The maximum Gasteiger partial charge on any atom is 0.330 e. The summed E-state index contributed by atoms with van der Waals surface area (Å²) in [6, 6.07) is 15.2. The number of ether oxygens (including phenoxy) is 3. The third-order valence-electron chi connectivity index (χ3n) is 5.11. The molecule has 28 heavy (non-hydrogen) atoms. The summed E-state index contributed by atoms with van der Waals surface area (Å²) >= 11 is 0. The largest absolute Gasteiger partial charge is 0.493 e. The second-order valence-electron chi connectivity index (χ2n) is 6.78. The zero-order valence-corrected chi connectivity index (χ0v) is 16.8. The molecule has 150 valence electrons. The first-order valence-electron chi connectivity index (χ1n) is 9.59. The molecule has 0 radical (unpaired) electrons. The van der Waals surface area contributed by atoms with Crippen molar-refractivity contribution in [1.82, 2.24) is 9.80 Å². The van der Waals surface area contributed by atoms with E-state index in [0.717, 1.165) is 19.6 Å². The lowest BCUT2D eigenvalue weighted by Crippen LogP contribution is -2.56. The third kappa shape index (κ3) is 4.64. The Hall–Kier alpha value is -2.57. The summed E-state index contributed by atoms with van der Waals surface area (Å²) in [7, 11) is 3.10. The van der Waals surface area contributed by atoms with Crippen molar-refractivity contribution in [3.05, 3.63) is 54.1 Å². The molecule has 1 aliphatic rings. The molecule has 2 aromatic carbocycles. The number of carbonyl (C=O) groups is 1. The molecule has 0 saturated carbocycles. The molecular weight excluding hydrogens is 356 g/mol. The van der Waals surface area contributed by atoms with Gasteiger partial charge in [0.2, 0.25) is 5.75 Å². The van der Waals surface area contributed by atoms with Gasteiger partial charge < -0.3 is 19.1 Å². The zero-order valence-electron chi connectivity index (χ0n) is 16.8. The van der Waals surface area contributed by atoms with E-state index >= 15 is 0 Å². The Labute approximate surface area is 166 Å². The summed E-state index contributed by atoms with van der Waals surface area (Å²) in [6.07, 6.45) is 0. The Kier molecular flexibility index (Phi) is 6.90. The second kappa shape index (κ2) is 9.57. The van der Waals surface area contributed by atoms with Gasteiger partial charge in [-0.3, -0.25) is 4.90 Å². The number of nitrogens with zero attached hydrogens (tertiary/aromatic N) is 2. The van der Waals surface area contributed by atoms with Gasteiger partial charge in [-0.2, -0.15) is 0 Å². The summed E-state index contributed by atoms with van der Waals surface area (Å²) in [5.74, 6) is 0.985. The molecule has 1 fully saturated rings. The van der Waals surface area contributed by atoms with Crippen LogP contribution in [0.2, 0.25) is 0 Å². The molecule has 2 aromatic rings. The molecule has 1 aliphatic heterocycles. The Morgan fingerprint density at radius 1 is 1.00 bits per heavy atom. The van der Waals surface area contributed by atoms with Crippen LogP contribution in [0.3, 0.4) is 0 Å². The van der Waals surface area contributed by atoms with Crippen LogP contribution in [-0.2, 0) is 11.3 Å². The van der Waals surface area contributed by atoms with Gasteiger partial charge in [0.25, 0.3) is 0 Å². The van der Waals surface area contributed by atoms with Crippen LogP contribution in [0.4, 0.5) is 0 Å². The smallest absolute Gasteiger partial charge is 0.330 e. The highest BCUT2D eigenvalue weighted by molar-refractivity contribution is 5.80. The molecule has 3 rings (SSSR count). The molecule has 0 aromatic heterocycles. The van der Waals surface area contributed by atoms with Crippen LogP contribution in [0.1, 0.15) is 12.5 Å². The first-order valence-corrected chi connectivity index (χ1v) is 9.59. The summed E-state index contributed by atoms with van der Waals surface area (Å²) in [5.41, 5.74) is 1.18. The molecular formula is C22H28N2O4. The number of hydrogen-bond acceptors (Lipinski definition) is 6. The average Bonchev–Trinajstić information content (AvgIpc) is 2.74. The highest BCUT2D eigenvalue weighted by Crippen LogP contribution is 2.37. The lowest BCUT2D eigenvalue weighted by molar-refractivity contribution is -0.143. The Morgan fingerprint density at radius 3 is 2.29 bits per heavy atom. The Morgan fingerprint density at radius 2 is 1.68 bits per heavy atom. The molecule has 1 heterocycles. The van der Waals surface area contributed by atoms with E-state index in [0.29, 0.717) is 30.3 Å². The van der Waals surface area contributed by atoms with E-state index in [1.807, 2.05) is 18.2 Å². The van der Waals surface area contributed by atoms with Gasteiger partial charge in [0.15, 0.2) is 11.5 Å². The summed E-state index contributed by atoms with van der Waals surface area (Å²) in [4.78, 5) is 17.6. The number of rotatable bonds is 7. The molecule has 0 spiro atoms. The van der Waals surface area contributed by atoms with Crippen molar-refractivity contribution in [1.29, 1.82) is 0 Å². The maximum absolute atomic E-state index is 13.2. The number of methoxy groups -OCH3 is 2. The molecule has 0 bridgehead atoms. The van der Waals surface area contributed by atoms with Crippen molar-refractivity contribution in [3.63, 3.8) is 0 Å². The Bertz CT molecular complexity index is 759. The molecule has 0 N–H and O–H groups in total. The van der Waals surface area contributed by atoms with Crippen LogP contribution in [0, 0.1) is 0 Å². The van der Waals surface area contributed by atoms with Gasteiger partial charge >= 0.3 is 5.97 Å². The van der Waals surface area contributed by atoms with Crippen LogP contribution in [0.5, 0.6) is 17.2 Å². The zero-order chi connectivity index (χ0) is 19.9. The quantitative estimate of drug-likeness (QED) is 0.541. The van der Waals surface area contributed by atoms with E-state index in [1.165, 1.54) is 5.56 Å². The highest BCUT2D eigenvalue weighted by Gasteiger charge is 2.34. The van der Waals surface area contributed by atoms with Crippen molar-refractivity contribution in [3.8, 4) is 17.2 Å². The van der Waals surface area contributed by atoms with Crippen molar-refractivity contribution in [2.45, 2.75) is 19.5 Å². The highest BCUT2D eigenvalue weighted by atomic mass is 16.6. The van der Waals surface area contributed by atoms with Crippen LogP contribution in [0.15, 0.2) is 48.5 Å². The van der Waals surface area contributed by atoms with Gasteiger partial charge in [0.05, 0.1) is 14.2 Å². The van der Waals surface area contributed by atoms with Gasteiger partial charge in [-0.15, -0.1) is 0 Å². The van der Waals surface area contributed by atoms with Crippen molar-refractivity contribution in [2.75, 3.05) is 40.4 Å². The molecule has 0 aliphatic carbocycles. The molecule has 6 heteroatoms. The van der Waals surface area contributed by atoms with E-state index < -0.39 is 0 Å². The van der Waals surface area contributed by atoms with Crippen LogP contribution < -0.4 is 14.2 Å². The molecule has 1 saturated heterocycles. The topological polar surface area (TPSA) is 51.2 Å². The normalized spacial score (nSPS) is 17.9. The number of benzene rings is 2. The van der Waals surface area contributed by atoms with Crippen LogP contribution in [0.25, 0.3) is 0 Å². The van der Waals surface area contributed by atoms with Gasteiger partial charge in [0.1, 0.15) is 6.04 Å². The summed E-state index contributed by atoms with van der Waals surface area (Å²) < 4.78 is 16.5.